The summed E-state index contributed by atoms with van der Waals surface area (Å²) >= 11 is 0. The van der Waals surface area contributed by atoms with Crippen LogP contribution in [0.2, 0.25) is 0 Å². The number of aliphatic hydroxyl groups excluding tert-OH is 1. The number of fused-ring (bicyclic) bond motifs is 2. The number of halogens is 8. The minimum atomic E-state index is -5.19. The molecule has 82 heavy (non-hydrogen) atoms. The first-order valence-corrected chi connectivity index (χ1v) is 26.6. The van der Waals surface area contributed by atoms with Crippen LogP contribution in [0.25, 0.3) is 5.70 Å². The van der Waals surface area contributed by atoms with Gasteiger partial charge in [0.25, 0.3) is 5.91 Å². The van der Waals surface area contributed by atoms with E-state index in [1.807, 2.05) is 10.6 Å². The Morgan fingerprint density at radius 3 is 1.82 bits per heavy atom. The minimum Gasteiger partial charge on any atom is -0.453 e. The number of piperazine rings is 1. The molecule has 6 aliphatic rings. The molecule has 1 aromatic heterocycles. The van der Waals surface area contributed by atoms with Gasteiger partial charge in [-0.1, -0.05) is 24.0 Å². The number of anilines is 1. The van der Waals surface area contributed by atoms with E-state index in [9.17, 15) is 50.6 Å². The van der Waals surface area contributed by atoms with E-state index in [0.29, 0.717) is 79.4 Å². The molecule has 0 spiro atoms. The van der Waals surface area contributed by atoms with Gasteiger partial charge in [-0.3, -0.25) is 19.9 Å². The number of hydrogen-bond acceptors (Lipinski definition) is 15. The topological polar surface area (TPSA) is 238 Å². The lowest BCUT2D eigenvalue weighted by Gasteiger charge is -2.62. The van der Waals surface area contributed by atoms with Gasteiger partial charge in [-0.2, -0.15) is 26.3 Å². The second-order valence-electron chi connectivity index (χ2n) is 22.9. The van der Waals surface area contributed by atoms with Gasteiger partial charge in [0.2, 0.25) is 11.9 Å². The fraction of sp³-hybridized carbons (Fsp3) is 0.564. The van der Waals surface area contributed by atoms with Crippen molar-refractivity contribution in [2.24, 2.45) is 22.5 Å². The number of nitrogens with two attached hydrogens (primary N) is 1. The van der Waals surface area contributed by atoms with Gasteiger partial charge in [0.15, 0.2) is 0 Å². The van der Waals surface area contributed by atoms with Crippen LogP contribution in [0.3, 0.4) is 0 Å². The summed E-state index contributed by atoms with van der Waals surface area (Å²) in [5, 5.41) is 22.0. The Labute approximate surface area is 468 Å². The Bertz CT molecular complexity index is 2880. The first kappa shape index (κ1) is 61.1. The summed E-state index contributed by atoms with van der Waals surface area (Å²) in [7, 11) is 1.66. The predicted octanol–water partition coefficient (Wildman–Crippen LogP) is 5.15. The van der Waals surface area contributed by atoms with Crippen molar-refractivity contribution in [2.45, 2.75) is 133 Å². The highest BCUT2D eigenvalue weighted by molar-refractivity contribution is 5.87. The summed E-state index contributed by atoms with van der Waals surface area (Å²) in [5.74, 6) is 1.54. The molecule has 4 bridgehead atoms. The van der Waals surface area contributed by atoms with Crippen LogP contribution in [-0.2, 0) is 36.8 Å². The molecule has 3 aromatic rings. The van der Waals surface area contributed by atoms with E-state index in [-0.39, 0.29) is 16.8 Å². The molecule has 8 N–H and O–H groups in total. The second-order valence-corrected chi connectivity index (χ2v) is 22.9. The zero-order valence-corrected chi connectivity index (χ0v) is 45.9. The number of methoxy groups -OCH3 is 2. The minimum absolute atomic E-state index is 0.0422. The Morgan fingerprint density at radius 2 is 1.34 bits per heavy atom. The molecule has 2 unspecified atom stereocenters. The fourth-order valence-corrected chi connectivity index (χ4v) is 10.9. The molecule has 27 heteroatoms. The Kier molecular flexibility index (Phi) is 17.9. The highest BCUT2D eigenvalue weighted by Crippen LogP contribution is 2.57. The number of nitrogens with one attached hydrogen (secondary N) is 5. The quantitative estimate of drug-likeness (QED) is 0.0440. The molecule has 2 aromatic carbocycles. The van der Waals surface area contributed by atoms with Gasteiger partial charge in [0, 0.05) is 79.1 Å². The molecule has 3 aliphatic carbocycles. The number of carbonyl (C=O) groups is 4. The normalized spacial score (nSPS) is 22.4. The molecule has 446 valence electrons. The number of amides is 4. The number of aliphatic hydroxyl groups is 1. The number of benzene rings is 2. The highest BCUT2D eigenvalue weighted by Gasteiger charge is 2.58. The predicted molar refractivity (Wildman–Crippen MR) is 280 cm³/mol. The van der Waals surface area contributed by atoms with Crippen molar-refractivity contribution in [1.29, 1.82) is 0 Å². The lowest BCUT2D eigenvalue weighted by molar-refractivity contribution is -0.221. The van der Waals surface area contributed by atoms with Gasteiger partial charge in [-0.25, -0.2) is 33.3 Å². The van der Waals surface area contributed by atoms with Crippen molar-refractivity contribution >= 4 is 35.6 Å². The third-order valence-electron chi connectivity index (χ3n) is 16.4. The first-order chi connectivity index (χ1) is 38.5. The van der Waals surface area contributed by atoms with Gasteiger partial charge in [0.05, 0.1) is 67.7 Å². The van der Waals surface area contributed by atoms with Crippen molar-refractivity contribution in [2.75, 3.05) is 52.0 Å². The van der Waals surface area contributed by atoms with Gasteiger partial charge < -0.3 is 51.2 Å². The summed E-state index contributed by atoms with van der Waals surface area (Å²) in [6.45, 7) is 3.39. The van der Waals surface area contributed by atoms with Crippen LogP contribution in [0, 0.1) is 40.2 Å². The van der Waals surface area contributed by atoms with E-state index in [1.165, 1.54) is 18.3 Å². The lowest BCUT2D eigenvalue weighted by Crippen LogP contribution is -2.65. The van der Waals surface area contributed by atoms with Gasteiger partial charge in [-0.15, -0.1) is 0 Å². The van der Waals surface area contributed by atoms with E-state index < -0.39 is 108 Å². The monoisotopic (exact) mass is 1160 g/mol. The summed E-state index contributed by atoms with van der Waals surface area (Å²) < 4.78 is 134. The van der Waals surface area contributed by atoms with Crippen LogP contribution in [0.5, 0.6) is 0 Å². The third-order valence-corrected chi connectivity index (χ3v) is 16.4. The number of rotatable bonds is 20. The maximum absolute atomic E-state index is 16.2. The van der Waals surface area contributed by atoms with E-state index >= 15 is 8.78 Å². The molecule has 6 atom stereocenters. The average molecular weight is 1160 g/mol. The number of alkyl halides is 6. The molecule has 6 fully saturated rings. The van der Waals surface area contributed by atoms with Crippen LogP contribution in [-0.4, -0.2) is 156 Å². The van der Waals surface area contributed by atoms with Gasteiger partial charge >= 0.3 is 24.5 Å². The zero-order chi connectivity index (χ0) is 59.7. The molecular weight excluding hydrogens is 1090 g/mol. The van der Waals surface area contributed by atoms with Crippen molar-refractivity contribution < 1.29 is 73.6 Å². The second kappa shape index (κ2) is 24.1. The van der Waals surface area contributed by atoms with E-state index in [4.69, 9.17) is 10.5 Å². The van der Waals surface area contributed by atoms with Crippen molar-refractivity contribution in [3.05, 3.63) is 94.4 Å². The summed E-state index contributed by atoms with van der Waals surface area (Å²) in [5.41, 5.74) is 2.40. The van der Waals surface area contributed by atoms with Crippen molar-refractivity contribution in [3.8, 4) is 11.8 Å². The average Bonchev–Trinajstić information content (AvgIpc) is 2.82. The number of carbonyl (C=O) groups excluding carboxylic acids is 4. The maximum atomic E-state index is 16.2. The fourth-order valence-electron chi connectivity index (χ4n) is 10.9. The number of aromatic nitrogens is 2. The molecule has 19 nitrogen and oxygen atoms in total. The lowest BCUT2D eigenvalue weighted by atomic mass is 9.50. The van der Waals surface area contributed by atoms with Crippen LogP contribution < -0.4 is 37.3 Å². The number of hydrogen-bond donors (Lipinski definition) is 7. The van der Waals surface area contributed by atoms with Crippen molar-refractivity contribution in [1.82, 2.24) is 46.6 Å². The van der Waals surface area contributed by atoms with Crippen molar-refractivity contribution in [3.63, 3.8) is 0 Å². The summed E-state index contributed by atoms with van der Waals surface area (Å²) in [4.78, 5) is 67.0. The SMILES string of the molecule is COC(=O)N[C@H](C(=O)N[C@@H](Cc1ccc(C#Cc2cnc(N3CC4CCC(C3)N4C3COC3)nc2)cc1)[C@@H](O)CN(Cc1c(F)cc(/C(N)=C/NC23CC(C2)C3)cc1F)NC(=O)[C@@H](NC(=O)OC)C(C)(C)C(F)(F)F)C(C)(C)C(F)(F)F. The number of nitrogens with zero attached hydrogens (tertiary/aromatic N) is 5. The Morgan fingerprint density at radius 1 is 0.817 bits per heavy atom. The van der Waals surface area contributed by atoms with E-state index in [2.05, 4.69) is 57.1 Å². The molecule has 9 rings (SSSR count). The standard InChI is InChI=1S/C55H67F8N11O8/c1-51(2,54(58,59)60)44(69-49(78)80-5)46(76)68-42(15-31-10-7-30(8-11-31)9-12-32-21-65-48(66-22-32)72-24-35-13-14-36(25-72)74(35)37-28-82-29-37)43(75)27-73(71-47(77)45(70-50(79)81-6)52(3,4)55(61,62)63)26-38-39(56)16-34(17-40(38)57)41(64)23-67-53-18-33(19-53)20-53/h7-8,10-11,16-17,21-23,33,35-37,42-45,67,75H,13-15,18-20,24-29,64H2,1-6H3,(H,68,76)(H,69,78)(H,70,79)(H,71,77)/b41-23-/t33?,35?,36?,42-,43-,44+,45+,53?/m0/s1. The van der Waals surface area contributed by atoms with Gasteiger partial charge in [-0.05, 0) is 102 Å². The number of hydrazine groups is 1. The summed E-state index contributed by atoms with van der Waals surface area (Å²) in [6, 6.07) is 2.45. The molecule has 3 saturated heterocycles. The van der Waals surface area contributed by atoms with Crippen LogP contribution in [0.1, 0.15) is 87.6 Å². The molecule has 4 amide bonds. The largest absolute Gasteiger partial charge is 0.453 e. The van der Waals surface area contributed by atoms with Crippen LogP contribution >= 0.6 is 0 Å². The van der Waals surface area contributed by atoms with Crippen LogP contribution in [0.4, 0.5) is 50.7 Å². The number of alkyl carbamates (subject to hydrolysis) is 2. The first-order valence-electron chi connectivity index (χ1n) is 26.6. The molecule has 3 saturated carbocycles. The number of ether oxygens (including phenoxy) is 3. The Hall–Kier alpha value is -7.02. The highest BCUT2D eigenvalue weighted by atomic mass is 19.4. The maximum Gasteiger partial charge on any atom is 0.407 e. The van der Waals surface area contributed by atoms with E-state index in [1.54, 1.807) is 24.5 Å². The Balaban J connectivity index is 1.06. The van der Waals surface area contributed by atoms with Crippen LogP contribution in [0.15, 0.2) is 55.0 Å². The molecule has 3 aliphatic heterocycles. The van der Waals surface area contributed by atoms with Gasteiger partial charge in [0.1, 0.15) is 23.7 Å². The zero-order valence-electron chi connectivity index (χ0n) is 45.9. The third kappa shape index (κ3) is 13.4. The smallest absolute Gasteiger partial charge is 0.407 e. The van der Waals surface area contributed by atoms with E-state index in [0.717, 1.165) is 84.8 Å². The molecule has 0 radical (unpaired) electrons. The molecule has 4 heterocycles. The summed E-state index contributed by atoms with van der Waals surface area (Å²) in [6.07, 6.45) is -6.22. The molecular formula is C55H67F8N11O8.